The summed E-state index contributed by atoms with van der Waals surface area (Å²) in [6.45, 7) is 8.07. The number of fused-ring (bicyclic) bond motifs is 2. The van der Waals surface area contributed by atoms with E-state index < -0.39 is 40.1 Å². The average molecular weight is 650 g/mol. The summed E-state index contributed by atoms with van der Waals surface area (Å²) in [7, 11) is 3.00. The van der Waals surface area contributed by atoms with Crippen molar-refractivity contribution in [2.75, 3.05) is 45.4 Å². The number of allylic oxidation sites excluding steroid dienone is 5. The van der Waals surface area contributed by atoms with E-state index >= 15 is 0 Å². The summed E-state index contributed by atoms with van der Waals surface area (Å²) in [4.78, 5) is 15.4. The van der Waals surface area contributed by atoms with Gasteiger partial charge in [0.05, 0.1) is 34.3 Å². The molecule has 0 bridgehead atoms. The van der Waals surface area contributed by atoms with E-state index in [0.717, 1.165) is 24.3 Å². The number of alkyl halides is 6. The molecular formula is C34H35F6N2O4+. The van der Waals surface area contributed by atoms with E-state index in [4.69, 9.17) is 9.47 Å². The van der Waals surface area contributed by atoms with Crippen molar-refractivity contribution in [3.8, 4) is 0 Å². The Balaban J connectivity index is 1.59. The first-order chi connectivity index (χ1) is 21.3. The fourth-order valence-corrected chi connectivity index (χ4v) is 6.45. The highest BCUT2D eigenvalue weighted by Crippen LogP contribution is 2.51. The molecule has 2 aromatic rings. The Morgan fingerprint density at radius 2 is 1.43 bits per heavy atom. The molecule has 0 unspecified atom stereocenters. The van der Waals surface area contributed by atoms with Crippen LogP contribution < -0.4 is 4.90 Å². The van der Waals surface area contributed by atoms with Gasteiger partial charge in [-0.3, -0.25) is 4.79 Å². The lowest BCUT2D eigenvalue weighted by Gasteiger charge is -2.29. The molecule has 0 spiro atoms. The number of aliphatic hydroxyl groups excluding tert-OH is 1. The highest BCUT2D eigenvalue weighted by atomic mass is 19.4. The van der Waals surface area contributed by atoms with Crippen molar-refractivity contribution < 1.29 is 50.3 Å². The van der Waals surface area contributed by atoms with Crippen LogP contribution in [-0.4, -0.2) is 61.7 Å². The van der Waals surface area contributed by atoms with Crippen molar-refractivity contribution >= 4 is 22.9 Å². The number of hydrogen-bond acceptors (Lipinski definition) is 5. The first-order valence-corrected chi connectivity index (χ1v) is 14.6. The van der Waals surface area contributed by atoms with Crippen LogP contribution in [-0.2, 0) is 37.5 Å². The molecule has 246 valence electrons. The summed E-state index contributed by atoms with van der Waals surface area (Å²) < 4.78 is 93.9. The van der Waals surface area contributed by atoms with E-state index in [0.29, 0.717) is 33.9 Å². The Morgan fingerprint density at radius 3 is 2.00 bits per heavy atom. The maximum atomic E-state index is 13.6. The average Bonchev–Trinajstić information content (AvgIpc) is 3.32. The van der Waals surface area contributed by atoms with Gasteiger partial charge >= 0.3 is 12.4 Å². The Bertz CT molecular complexity index is 1730. The first-order valence-electron chi connectivity index (χ1n) is 14.6. The van der Waals surface area contributed by atoms with Crippen LogP contribution in [0.4, 0.5) is 37.7 Å². The molecule has 6 nitrogen and oxygen atoms in total. The Morgan fingerprint density at radius 1 is 0.848 bits per heavy atom. The van der Waals surface area contributed by atoms with Crippen molar-refractivity contribution in [3.05, 3.63) is 93.4 Å². The SMILES string of the molecule is COCCN1/C(=C\C2=C(O)C(=C\C3=[N+](CCOC)c4ccc(C(F)(F)F)cc4C3(C)C)/C2=O)C(C)(C)c2cc(C(F)(F)F)ccc21. The molecule has 1 N–H and O–H groups in total. The molecule has 0 aromatic heterocycles. The van der Waals surface area contributed by atoms with E-state index in [1.807, 2.05) is 0 Å². The molecular weight excluding hydrogens is 614 g/mol. The Hall–Kier alpha value is -3.90. The van der Waals surface area contributed by atoms with Crippen LogP contribution in [0.15, 0.2) is 71.2 Å². The molecule has 5 rings (SSSR count). The van der Waals surface area contributed by atoms with E-state index in [1.54, 1.807) is 37.2 Å². The molecule has 0 saturated carbocycles. The fourth-order valence-electron chi connectivity index (χ4n) is 6.45. The predicted octanol–water partition coefficient (Wildman–Crippen LogP) is 7.40. The minimum Gasteiger partial charge on any atom is -0.506 e. The van der Waals surface area contributed by atoms with Crippen LogP contribution in [0.3, 0.4) is 0 Å². The zero-order chi connectivity index (χ0) is 34.0. The number of carbonyl (C=O) groups excluding carboxylic acids is 1. The molecule has 3 aliphatic rings. The van der Waals surface area contributed by atoms with Crippen LogP contribution in [0.2, 0.25) is 0 Å². The van der Waals surface area contributed by atoms with Crippen LogP contribution >= 0.6 is 0 Å². The number of ether oxygens (including phenoxy) is 2. The third-order valence-corrected chi connectivity index (χ3v) is 9.04. The van der Waals surface area contributed by atoms with Gasteiger partial charge in [0, 0.05) is 55.3 Å². The summed E-state index contributed by atoms with van der Waals surface area (Å²) in [5.74, 6) is -0.810. The zero-order valence-corrected chi connectivity index (χ0v) is 26.3. The molecule has 12 heteroatoms. The van der Waals surface area contributed by atoms with Crippen molar-refractivity contribution in [2.45, 2.75) is 50.9 Å². The number of carbonyl (C=O) groups is 1. The number of rotatable bonds is 8. The van der Waals surface area contributed by atoms with Crippen molar-refractivity contribution in [2.24, 2.45) is 0 Å². The predicted molar refractivity (Wildman–Crippen MR) is 161 cm³/mol. The van der Waals surface area contributed by atoms with Gasteiger partial charge < -0.3 is 19.5 Å². The number of benzene rings is 2. The monoisotopic (exact) mass is 649 g/mol. The zero-order valence-electron chi connectivity index (χ0n) is 26.3. The summed E-state index contributed by atoms with van der Waals surface area (Å²) >= 11 is 0. The number of halogens is 6. The van der Waals surface area contributed by atoms with Gasteiger partial charge in [-0.2, -0.15) is 30.9 Å². The number of ketones is 1. The molecule has 0 fully saturated rings. The Kier molecular flexibility index (Phi) is 8.30. The number of hydrogen-bond donors (Lipinski definition) is 1. The van der Waals surface area contributed by atoms with E-state index in [-0.39, 0.29) is 43.2 Å². The normalized spacial score (nSPS) is 20.6. The highest BCUT2D eigenvalue weighted by Gasteiger charge is 2.49. The largest absolute Gasteiger partial charge is 0.506 e. The van der Waals surface area contributed by atoms with Gasteiger partial charge in [-0.15, -0.1) is 0 Å². The van der Waals surface area contributed by atoms with Gasteiger partial charge in [0.15, 0.2) is 12.3 Å². The number of methoxy groups -OCH3 is 2. The lowest BCUT2D eigenvalue weighted by Crippen LogP contribution is -2.33. The molecule has 0 atom stereocenters. The van der Waals surface area contributed by atoms with E-state index in [9.17, 15) is 36.2 Å². The van der Waals surface area contributed by atoms with Crippen LogP contribution in [0.1, 0.15) is 49.9 Å². The van der Waals surface area contributed by atoms with Gasteiger partial charge in [-0.1, -0.05) is 13.8 Å². The van der Waals surface area contributed by atoms with Crippen LogP contribution in [0.5, 0.6) is 0 Å². The van der Waals surface area contributed by atoms with E-state index in [2.05, 4.69) is 0 Å². The van der Waals surface area contributed by atoms with Gasteiger partial charge in [0.1, 0.15) is 12.4 Å². The summed E-state index contributed by atoms with van der Waals surface area (Å²) in [5.41, 5.74) is -0.619. The summed E-state index contributed by atoms with van der Waals surface area (Å²) in [5, 5.41) is 11.2. The highest BCUT2D eigenvalue weighted by molar-refractivity contribution is 6.24. The van der Waals surface area contributed by atoms with Crippen molar-refractivity contribution in [1.29, 1.82) is 0 Å². The maximum Gasteiger partial charge on any atom is 0.416 e. The number of Topliss-reactive ketones (excluding diaryl/α,β-unsaturated/α-hetero) is 1. The topological polar surface area (TPSA) is 62.0 Å². The quantitative estimate of drug-likeness (QED) is 0.184. The third-order valence-electron chi connectivity index (χ3n) is 9.04. The molecule has 0 amide bonds. The smallest absolute Gasteiger partial charge is 0.416 e. The van der Waals surface area contributed by atoms with Gasteiger partial charge in [0.2, 0.25) is 11.5 Å². The molecule has 2 aromatic carbocycles. The molecule has 1 aliphatic carbocycles. The van der Waals surface area contributed by atoms with Gasteiger partial charge in [0.25, 0.3) is 0 Å². The van der Waals surface area contributed by atoms with Gasteiger partial charge in [-0.25, -0.2) is 0 Å². The molecule has 2 aliphatic heterocycles. The number of aliphatic hydroxyl groups is 1. The molecule has 2 heterocycles. The third kappa shape index (κ3) is 5.45. The number of anilines is 1. The van der Waals surface area contributed by atoms with Crippen LogP contribution in [0.25, 0.3) is 0 Å². The first kappa shape index (κ1) is 33.5. The summed E-state index contributed by atoms with van der Waals surface area (Å²) in [6, 6.07) is 7.02. The van der Waals surface area contributed by atoms with Gasteiger partial charge in [-0.05, 0) is 55.8 Å². The lowest BCUT2D eigenvalue weighted by atomic mass is 9.77. The Labute approximate surface area is 262 Å². The van der Waals surface area contributed by atoms with Crippen LogP contribution in [0, 0.1) is 0 Å². The number of nitrogens with zero attached hydrogens (tertiary/aromatic N) is 2. The molecule has 0 saturated heterocycles. The lowest BCUT2D eigenvalue weighted by molar-refractivity contribution is -0.441. The second-order valence-electron chi connectivity index (χ2n) is 12.6. The van der Waals surface area contributed by atoms with E-state index in [1.165, 1.54) is 38.5 Å². The van der Waals surface area contributed by atoms with Crippen molar-refractivity contribution in [3.63, 3.8) is 0 Å². The second-order valence-corrected chi connectivity index (χ2v) is 12.6. The minimum atomic E-state index is -4.55. The summed E-state index contributed by atoms with van der Waals surface area (Å²) in [6.07, 6.45) is -6.10. The maximum absolute atomic E-state index is 13.6. The standard InChI is InChI=1S/C34H34F6N2O4/c1-31(2)23-15-19(33(35,36)37)7-9-25(23)41(11-13-45-5)27(31)17-21-29(43)22(30(21)44)18-28-32(3,4)24-16-20(34(38,39)40)8-10-26(24)42(28)12-14-46-6/h7-10,15-18H,11-14H2,1-6H3/p+1. The second kappa shape index (κ2) is 11.4. The minimum absolute atomic E-state index is 0.0164. The molecule has 0 radical (unpaired) electrons. The molecule has 46 heavy (non-hydrogen) atoms. The van der Waals surface area contributed by atoms with Crippen molar-refractivity contribution in [1.82, 2.24) is 0 Å². The fraction of sp³-hybridized carbons (Fsp3) is 0.412.